The van der Waals surface area contributed by atoms with Crippen molar-refractivity contribution < 1.29 is 18.8 Å². The fraction of sp³-hybridized carbons (Fsp3) is 0.381. The van der Waals surface area contributed by atoms with Gasteiger partial charge in [0.15, 0.2) is 5.76 Å². The highest BCUT2D eigenvalue weighted by Crippen LogP contribution is 2.09. The summed E-state index contributed by atoms with van der Waals surface area (Å²) in [5.41, 5.74) is 0.949. The molecule has 28 heavy (non-hydrogen) atoms. The van der Waals surface area contributed by atoms with Gasteiger partial charge in [-0.15, -0.1) is 0 Å². The molecule has 0 spiro atoms. The van der Waals surface area contributed by atoms with Crippen molar-refractivity contribution in [3.05, 3.63) is 60.1 Å². The van der Waals surface area contributed by atoms with Gasteiger partial charge >= 0.3 is 0 Å². The van der Waals surface area contributed by atoms with E-state index in [1.807, 2.05) is 35.2 Å². The Morgan fingerprint density at radius 2 is 1.96 bits per heavy atom. The Kier molecular flexibility index (Phi) is 6.84. The number of rotatable bonds is 9. The van der Waals surface area contributed by atoms with Gasteiger partial charge in [-0.25, -0.2) is 0 Å². The summed E-state index contributed by atoms with van der Waals surface area (Å²) in [6.07, 6.45) is 4.00. The van der Waals surface area contributed by atoms with Crippen molar-refractivity contribution in [2.45, 2.75) is 31.7 Å². The summed E-state index contributed by atoms with van der Waals surface area (Å²) in [7, 11) is 0. The monoisotopic (exact) mass is 383 g/mol. The molecule has 1 aromatic carbocycles. The number of carbonyl (C=O) groups is 3. The Labute approximate surface area is 164 Å². The van der Waals surface area contributed by atoms with Gasteiger partial charge in [-0.2, -0.15) is 0 Å². The fourth-order valence-corrected chi connectivity index (χ4v) is 3.24. The first-order valence-electron chi connectivity index (χ1n) is 9.57. The molecule has 1 atom stereocenters. The molecular formula is C21H25N3O4. The minimum atomic E-state index is -0.714. The number of nitrogens with zero attached hydrogens (tertiary/aromatic N) is 1. The van der Waals surface area contributed by atoms with Crippen LogP contribution in [0.2, 0.25) is 0 Å². The van der Waals surface area contributed by atoms with Crippen molar-refractivity contribution in [3.63, 3.8) is 0 Å². The molecular weight excluding hydrogens is 358 g/mol. The van der Waals surface area contributed by atoms with Gasteiger partial charge in [0.2, 0.25) is 11.8 Å². The van der Waals surface area contributed by atoms with Gasteiger partial charge in [0.05, 0.1) is 6.26 Å². The number of carbonyl (C=O) groups excluding carboxylic acids is 3. The lowest BCUT2D eigenvalue weighted by Crippen LogP contribution is -2.48. The Morgan fingerprint density at radius 3 is 2.64 bits per heavy atom. The second kappa shape index (κ2) is 9.73. The number of nitrogens with one attached hydrogen (secondary N) is 2. The molecule has 0 bridgehead atoms. The summed E-state index contributed by atoms with van der Waals surface area (Å²) in [6.45, 7) is 1.88. The zero-order chi connectivity index (χ0) is 19.8. The summed E-state index contributed by atoms with van der Waals surface area (Å²) in [5.74, 6) is -0.336. The molecule has 1 aromatic heterocycles. The first-order chi connectivity index (χ1) is 13.6. The van der Waals surface area contributed by atoms with E-state index in [0.717, 1.165) is 18.5 Å². The molecule has 148 valence electrons. The highest BCUT2D eigenvalue weighted by Gasteiger charge is 2.23. The van der Waals surface area contributed by atoms with E-state index >= 15 is 0 Å². The van der Waals surface area contributed by atoms with Gasteiger partial charge < -0.3 is 20.0 Å². The second-order valence-corrected chi connectivity index (χ2v) is 6.82. The standard InChI is InChI=1S/C21H25N3O4/c25-19-10-4-12-24(19)13-6-11-22-20(26)17(15-16-7-2-1-3-8-16)23-21(27)18-9-5-14-28-18/h1-3,5,7-9,14,17H,4,6,10-13,15H2,(H,22,26)(H,23,27). The van der Waals surface area contributed by atoms with Crippen LogP contribution in [0.15, 0.2) is 53.1 Å². The molecule has 0 aliphatic carbocycles. The molecule has 1 fully saturated rings. The van der Waals surface area contributed by atoms with E-state index in [2.05, 4.69) is 10.6 Å². The third-order valence-corrected chi connectivity index (χ3v) is 4.72. The Balaban J connectivity index is 1.54. The minimum absolute atomic E-state index is 0.165. The van der Waals surface area contributed by atoms with Crippen molar-refractivity contribution in [2.24, 2.45) is 0 Å². The zero-order valence-corrected chi connectivity index (χ0v) is 15.7. The summed E-state index contributed by atoms with van der Waals surface area (Å²) in [4.78, 5) is 38.5. The molecule has 7 nitrogen and oxygen atoms in total. The van der Waals surface area contributed by atoms with Crippen LogP contribution in [0.3, 0.4) is 0 Å². The van der Waals surface area contributed by atoms with E-state index in [4.69, 9.17) is 4.42 Å². The number of hydrogen-bond donors (Lipinski definition) is 2. The van der Waals surface area contributed by atoms with E-state index in [1.54, 1.807) is 12.1 Å². The van der Waals surface area contributed by atoms with E-state index in [-0.39, 0.29) is 17.6 Å². The molecule has 7 heteroatoms. The Morgan fingerprint density at radius 1 is 1.14 bits per heavy atom. The summed E-state index contributed by atoms with van der Waals surface area (Å²) in [5, 5.41) is 5.62. The molecule has 2 aromatic rings. The smallest absolute Gasteiger partial charge is 0.287 e. The third kappa shape index (κ3) is 5.45. The van der Waals surface area contributed by atoms with Crippen LogP contribution >= 0.6 is 0 Å². The summed E-state index contributed by atoms with van der Waals surface area (Å²) < 4.78 is 5.11. The van der Waals surface area contributed by atoms with Crippen LogP contribution in [0.5, 0.6) is 0 Å². The van der Waals surface area contributed by atoms with Crippen LogP contribution in [0, 0.1) is 0 Å². The highest BCUT2D eigenvalue weighted by molar-refractivity contribution is 5.95. The normalized spacial score (nSPS) is 14.7. The highest BCUT2D eigenvalue weighted by atomic mass is 16.3. The van der Waals surface area contributed by atoms with Crippen LogP contribution in [0.1, 0.15) is 35.4 Å². The second-order valence-electron chi connectivity index (χ2n) is 6.82. The number of benzene rings is 1. The van der Waals surface area contributed by atoms with Crippen LogP contribution in [0.4, 0.5) is 0 Å². The van der Waals surface area contributed by atoms with Crippen molar-refractivity contribution in [1.29, 1.82) is 0 Å². The fourth-order valence-electron chi connectivity index (χ4n) is 3.24. The topological polar surface area (TPSA) is 91.7 Å². The molecule has 2 N–H and O–H groups in total. The largest absolute Gasteiger partial charge is 0.459 e. The average Bonchev–Trinajstić information content (AvgIpc) is 3.37. The molecule has 3 amide bonds. The van der Waals surface area contributed by atoms with E-state index < -0.39 is 11.9 Å². The van der Waals surface area contributed by atoms with Crippen LogP contribution < -0.4 is 10.6 Å². The molecule has 1 aliphatic rings. The Hall–Kier alpha value is -3.09. The van der Waals surface area contributed by atoms with Crippen molar-refractivity contribution in [2.75, 3.05) is 19.6 Å². The lowest BCUT2D eigenvalue weighted by atomic mass is 10.0. The maximum atomic E-state index is 12.7. The number of furan rings is 1. The SMILES string of the molecule is O=C(NC(Cc1ccccc1)C(=O)NCCCN1CCCC1=O)c1ccco1. The molecule has 2 heterocycles. The predicted octanol–water partition coefficient (Wildman–Crippen LogP) is 1.75. The van der Waals surface area contributed by atoms with Gasteiger partial charge in [0.1, 0.15) is 6.04 Å². The minimum Gasteiger partial charge on any atom is -0.459 e. The molecule has 1 saturated heterocycles. The first kappa shape index (κ1) is 19.7. The van der Waals surface area contributed by atoms with Crippen LogP contribution in [-0.2, 0) is 16.0 Å². The lowest BCUT2D eigenvalue weighted by Gasteiger charge is -2.19. The molecule has 0 saturated carbocycles. The summed E-state index contributed by atoms with van der Waals surface area (Å²) >= 11 is 0. The Bertz CT molecular complexity index is 789. The van der Waals surface area contributed by atoms with Crippen LogP contribution in [0.25, 0.3) is 0 Å². The van der Waals surface area contributed by atoms with E-state index in [1.165, 1.54) is 6.26 Å². The molecule has 1 aliphatic heterocycles. The van der Waals surface area contributed by atoms with Crippen molar-refractivity contribution >= 4 is 17.7 Å². The van der Waals surface area contributed by atoms with E-state index in [0.29, 0.717) is 32.4 Å². The molecule has 3 rings (SSSR count). The van der Waals surface area contributed by atoms with Crippen molar-refractivity contribution in [1.82, 2.24) is 15.5 Å². The predicted molar refractivity (Wildman–Crippen MR) is 104 cm³/mol. The third-order valence-electron chi connectivity index (χ3n) is 4.72. The maximum absolute atomic E-state index is 12.7. The van der Waals surface area contributed by atoms with Gasteiger partial charge in [-0.3, -0.25) is 14.4 Å². The maximum Gasteiger partial charge on any atom is 0.287 e. The van der Waals surface area contributed by atoms with E-state index in [9.17, 15) is 14.4 Å². The molecule has 0 radical (unpaired) electrons. The number of amides is 3. The number of likely N-dealkylation sites (tertiary alicyclic amines) is 1. The lowest BCUT2D eigenvalue weighted by molar-refractivity contribution is -0.127. The van der Waals surface area contributed by atoms with Gasteiger partial charge in [0.25, 0.3) is 5.91 Å². The first-order valence-corrected chi connectivity index (χ1v) is 9.57. The zero-order valence-electron chi connectivity index (χ0n) is 15.7. The van der Waals surface area contributed by atoms with Gasteiger partial charge in [-0.05, 0) is 30.5 Å². The van der Waals surface area contributed by atoms with Crippen molar-refractivity contribution in [3.8, 4) is 0 Å². The van der Waals surface area contributed by atoms with Gasteiger partial charge in [0, 0.05) is 32.5 Å². The van der Waals surface area contributed by atoms with Crippen LogP contribution in [-0.4, -0.2) is 48.3 Å². The molecule has 1 unspecified atom stereocenters. The number of hydrogen-bond acceptors (Lipinski definition) is 4. The quantitative estimate of drug-likeness (QED) is 0.646. The average molecular weight is 383 g/mol. The van der Waals surface area contributed by atoms with Gasteiger partial charge in [-0.1, -0.05) is 30.3 Å². The summed E-state index contributed by atoms with van der Waals surface area (Å²) in [6, 6.07) is 12.0.